The largest absolute Gasteiger partial charge is 0.317 e. The van der Waals surface area contributed by atoms with Crippen molar-refractivity contribution in [2.45, 2.75) is 25.7 Å². The molecule has 0 radical (unpaired) electrons. The molecule has 0 aromatic rings. The number of rotatable bonds is 4. The molecule has 0 amide bonds. The molecule has 1 spiro atoms. The first-order chi connectivity index (χ1) is 6.73. The Bertz CT molecular complexity index is 191. The summed E-state index contributed by atoms with van der Waals surface area (Å²) in [7, 11) is 0. The minimum absolute atomic E-state index is 0.148. The summed E-state index contributed by atoms with van der Waals surface area (Å²) in [6, 6.07) is 0. The van der Waals surface area contributed by atoms with Crippen molar-refractivity contribution in [2.24, 2.45) is 11.3 Å². The summed E-state index contributed by atoms with van der Waals surface area (Å²) in [4.78, 5) is 0. The van der Waals surface area contributed by atoms with E-state index in [-0.39, 0.29) is 6.54 Å². The SMILES string of the molecule is FC(F)CNCC1CC12CCNCC2. The van der Waals surface area contributed by atoms with Crippen LogP contribution in [-0.4, -0.2) is 32.6 Å². The number of hydrogen-bond donors (Lipinski definition) is 2. The van der Waals surface area contributed by atoms with Crippen LogP contribution in [-0.2, 0) is 0 Å². The third kappa shape index (κ3) is 2.23. The van der Waals surface area contributed by atoms with Crippen LogP contribution >= 0.6 is 0 Å². The van der Waals surface area contributed by atoms with E-state index in [2.05, 4.69) is 10.6 Å². The van der Waals surface area contributed by atoms with Crippen molar-refractivity contribution < 1.29 is 8.78 Å². The molecule has 2 N–H and O–H groups in total. The van der Waals surface area contributed by atoms with Crippen LogP contribution in [0.2, 0.25) is 0 Å². The second-order valence-electron chi connectivity index (χ2n) is 4.56. The molecule has 82 valence electrons. The topological polar surface area (TPSA) is 24.1 Å². The number of nitrogens with one attached hydrogen (secondary N) is 2. The second kappa shape index (κ2) is 4.11. The van der Waals surface area contributed by atoms with E-state index in [0.717, 1.165) is 19.6 Å². The van der Waals surface area contributed by atoms with Gasteiger partial charge in [-0.25, -0.2) is 8.78 Å². The number of halogens is 2. The lowest BCUT2D eigenvalue weighted by Crippen LogP contribution is -2.32. The van der Waals surface area contributed by atoms with Crippen LogP contribution in [0.5, 0.6) is 0 Å². The summed E-state index contributed by atoms with van der Waals surface area (Å²) in [5, 5.41) is 6.18. The van der Waals surface area contributed by atoms with Crippen molar-refractivity contribution in [1.82, 2.24) is 10.6 Å². The fourth-order valence-corrected chi connectivity index (χ4v) is 2.62. The Morgan fingerprint density at radius 3 is 2.71 bits per heavy atom. The van der Waals surface area contributed by atoms with E-state index in [1.807, 2.05) is 0 Å². The summed E-state index contributed by atoms with van der Waals surface area (Å²) in [5.41, 5.74) is 0.514. The van der Waals surface area contributed by atoms with Gasteiger partial charge in [0.05, 0.1) is 6.54 Å². The van der Waals surface area contributed by atoms with Gasteiger partial charge in [-0.2, -0.15) is 0 Å². The van der Waals surface area contributed by atoms with Crippen LogP contribution < -0.4 is 10.6 Å². The van der Waals surface area contributed by atoms with Crippen molar-refractivity contribution in [3.8, 4) is 0 Å². The average molecular weight is 204 g/mol. The summed E-state index contributed by atoms with van der Waals surface area (Å²) in [6.07, 6.45) is 1.49. The van der Waals surface area contributed by atoms with Crippen LogP contribution in [0.3, 0.4) is 0 Å². The highest BCUT2D eigenvalue weighted by molar-refractivity contribution is 5.04. The van der Waals surface area contributed by atoms with Gasteiger partial charge in [0.25, 0.3) is 6.43 Å². The highest BCUT2D eigenvalue weighted by atomic mass is 19.3. The molecule has 2 rings (SSSR count). The van der Waals surface area contributed by atoms with Gasteiger partial charge >= 0.3 is 0 Å². The van der Waals surface area contributed by atoms with Gasteiger partial charge in [0.15, 0.2) is 0 Å². The van der Waals surface area contributed by atoms with Crippen molar-refractivity contribution >= 4 is 0 Å². The van der Waals surface area contributed by atoms with Crippen LogP contribution in [0.4, 0.5) is 8.78 Å². The lowest BCUT2D eigenvalue weighted by Gasteiger charge is -2.23. The molecule has 2 nitrogen and oxygen atoms in total. The average Bonchev–Trinajstić information content (AvgIpc) is 2.79. The van der Waals surface area contributed by atoms with E-state index in [1.54, 1.807) is 0 Å². The molecule has 4 heteroatoms. The lowest BCUT2D eigenvalue weighted by molar-refractivity contribution is 0.144. The van der Waals surface area contributed by atoms with Crippen LogP contribution in [0.1, 0.15) is 19.3 Å². The molecule has 1 saturated carbocycles. The fourth-order valence-electron chi connectivity index (χ4n) is 2.62. The zero-order valence-corrected chi connectivity index (χ0v) is 8.36. The second-order valence-corrected chi connectivity index (χ2v) is 4.56. The maximum Gasteiger partial charge on any atom is 0.250 e. The number of piperidine rings is 1. The van der Waals surface area contributed by atoms with Crippen LogP contribution in [0, 0.1) is 11.3 Å². The third-order valence-electron chi connectivity index (χ3n) is 3.65. The van der Waals surface area contributed by atoms with Crippen molar-refractivity contribution in [1.29, 1.82) is 0 Å². The fraction of sp³-hybridized carbons (Fsp3) is 1.00. The first-order valence-corrected chi connectivity index (χ1v) is 5.42. The minimum atomic E-state index is -2.21. The van der Waals surface area contributed by atoms with E-state index in [1.165, 1.54) is 19.3 Å². The van der Waals surface area contributed by atoms with Crippen LogP contribution in [0.15, 0.2) is 0 Å². The maximum absolute atomic E-state index is 11.9. The van der Waals surface area contributed by atoms with Crippen molar-refractivity contribution in [2.75, 3.05) is 26.2 Å². The lowest BCUT2D eigenvalue weighted by atomic mass is 9.92. The summed E-state index contributed by atoms with van der Waals surface area (Å²) in [5.74, 6) is 0.656. The predicted octanol–water partition coefficient (Wildman–Crippen LogP) is 1.23. The first-order valence-electron chi connectivity index (χ1n) is 5.42. The molecule has 0 aromatic carbocycles. The summed E-state index contributed by atoms with van der Waals surface area (Å²) in [6.45, 7) is 2.84. The maximum atomic E-state index is 11.9. The highest BCUT2D eigenvalue weighted by Gasteiger charge is 2.53. The monoisotopic (exact) mass is 204 g/mol. The quantitative estimate of drug-likeness (QED) is 0.719. The molecule has 1 atom stereocenters. The van der Waals surface area contributed by atoms with E-state index in [4.69, 9.17) is 0 Å². The Morgan fingerprint density at radius 1 is 1.36 bits per heavy atom. The van der Waals surface area contributed by atoms with Gasteiger partial charge in [-0.05, 0) is 50.2 Å². The minimum Gasteiger partial charge on any atom is -0.317 e. The molecular formula is C10H18F2N2. The number of alkyl halides is 2. The van der Waals surface area contributed by atoms with E-state index < -0.39 is 6.43 Å². The molecule has 2 aliphatic rings. The third-order valence-corrected chi connectivity index (χ3v) is 3.65. The van der Waals surface area contributed by atoms with Gasteiger partial charge in [0.2, 0.25) is 0 Å². The first kappa shape index (κ1) is 10.3. The van der Waals surface area contributed by atoms with E-state index in [0.29, 0.717) is 11.3 Å². The van der Waals surface area contributed by atoms with Crippen LogP contribution in [0.25, 0.3) is 0 Å². The molecule has 1 aliphatic carbocycles. The molecular weight excluding hydrogens is 186 g/mol. The Balaban J connectivity index is 1.65. The van der Waals surface area contributed by atoms with Crippen molar-refractivity contribution in [3.63, 3.8) is 0 Å². The van der Waals surface area contributed by atoms with Gasteiger partial charge in [0.1, 0.15) is 0 Å². The Hall–Kier alpha value is -0.220. The highest BCUT2D eigenvalue weighted by Crippen LogP contribution is 2.58. The molecule has 1 saturated heterocycles. The molecule has 0 aromatic heterocycles. The van der Waals surface area contributed by atoms with Gasteiger partial charge in [-0.1, -0.05) is 0 Å². The molecule has 14 heavy (non-hydrogen) atoms. The summed E-state index contributed by atoms with van der Waals surface area (Å²) < 4.78 is 23.7. The number of hydrogen-bond acceptors (Lipinski definition) is 2. The normalized spacial score (nSPS) is 29.8. The van der Waals surface area contributed by atoms with Gasteiger partial charge in [-0.15, -0.1) is 0 Å². The molecule has 0 bridgehead atoms. The Kier molecular flexibility index (Phi) is 3.02. The molecule has 1 aliphatic heterocycles. The van der Waals surface area contributed by atoms with E-state index >= 15 is 0 Å². The van der Waals surface area contributed by atoms with Gasteiger partial charge in [0, 0.05) is 0 Å². The van der Waals surface area contributed by atoms with E-state index in [9.17, 15) is 8.78 Å². The summed E-state index contributed by atoms with van der Waals surface area (Å²) >= 11 is 0. The Labute approximate surface area is 83.4 Å². The van der Waals surface area contributed by atoms with Crippen molar-refractivity contribution in [3.05, 3.63) is 0 Å². The van der Waals surface area contributed by atoms with Gasteiger partial charge < -0.3 is 10.6 Å². The Morgan fingerprint density at radius 2 is 2.07 bits per heavy atom. The standard InChI is InChI=1S/C10H18F2N2/c11-9(12)7-14-6-8-5-10(8)1-3-13-4-2-10/h8-9,13-14H,1-7H2. The molecule has 2 fully saturated rings. The molecule has 1 unspecified atom stereocenters. The van der Waals surface area contributed by atoms with Gasteiger partial charge in [-0.3, -0.25) is 0 Å². The zero-order valence-electron chi connectivity index (χ0n) is 8.36. The predicted molar refractivity (Wildman–Crippen MR) is 51.5 cm³/mol. The zero-order chi connectivity index (χ0) is 10.0. The smallest absolute Gasteiger partial charge is 0.250 e. The molecule has 1 heterocycles.